The van der Waals surface area contributed by atoms with Gasteiger partial charge >= 0.3 is 0 Å². The van der Waals surface area contributed by atoms with E-state index in [-0.39, 0.29) is 34.0 Å². The Morgan fingerprint density at radius 1 is 1.23 bits per heavy atom. The van der Waals surface area contributed by atoms with Crippen LogP contribution in [0.5, 0.6) is 0 Å². The van der Waals surface area contributed by atoms with Crippen LogP contribution in [0.2, 0.25) is 0 Å². The molecule has 2 aromatic heterocycles. The Morgan fingerprint density at radius 2 is 1.93 bits per heavy atom. The Morgan fingerprint density at radius 3 is 2.60 bits per heavy atom. The predicted molar refractivity (Wildman–Crippen MR) is 118 cm³/mol. The lowest BCUT2D eigenvalue weighted by molar-refractivity contribution is -0.667. The number of furan rings is 1. The van der Waals surface area contributed by atoms with Crippen LogP contribution in [-0.4, -0.2) is 0 Å². The number of pyridine rings is 1. The number of aryl methyl sites for hydroxylation is 1. The summed E-state index contributed by atoms with van der Waals surface area (Å²) in [6, 6.07) is 7.93. The van der Waals surface area contributed by atoms with Gasteiger partial charge < -0.3 is 4.42 Å². The Balaban J connectivity index is 2.25. The molecule has 30 heavy (non-hydrogen) atoms. The van der Waals surface area contributed by atoms with Crippen LogP contribution in [-0.2, 0) is 13.4 Å². The molecule has 3 nitrogen and oxygen atoms in total. The fourth-order valence-electron chi connectivity index (χ4n) is 3.78. The van der Waals surface area contributed by atoms with E-state index in [9.17, 15) is 9.65 Å². The third kappa shape index (κ3) is 2.97. The Hall–Kier alpha value is -3.19. The Bertz CT molecular complexity index is 1600. The highest BCUT2D eigenvalue weighted by Gasteiger charge is 2.25. The molecule has 0 N–H and O–H groups in total. The number of rotatable bonds is 3. The van der Waals surface area contributed by atoms with Crippen LogP contribution in [0.1, 0.15) is 50.0 Å². The van der Waals surface area contributed by atoms with Crippen molar-refractivity contribution in [3.05, 3.63) is 64.1 Å². The van der Waals surface area contributed by atoms with Gasteiger partial charge in [0.1, 0.15) is 30.1 Å². The summed E-state index contributed by atoms with van der Waals surface area (Å²) in [4.78, 5) is 0. The van der Waals surface area contributed by atoms with Crippen molar-refractivity contribution in [2.24, 2.45) is 13.0 Å². The lowest BCUT2D eigenvalue weighted by Crippen LogP contribution is -2.36. The average Bonchev–Trinajstić information content (AvgIpc) is 3.14. The van der Waals surface area contributed by atoms with Gasteiger partial charge in [0, 0.05) is 36.2 Å². The number of fused-ring (bicyclic) bond motifs is 3. The maximum atomic E-state index is 14.3. The quantitative estimate of drug-likeness (QED) is 0.379. The molecule has 0 bridgehead atoms. The fourth-order valence-corrected chi connectivity index (χ4v) is 3.78. The molecule has 0 saturated carbocycles. The zero-order valence-corrected chi connectivity index (χ0v) is 17.6. The lowest BCUT2D eigenvalue weighted by Gasteiger charge is -2.14. The molecule has 2 heterocycles. The molecular formula is C26H26FN2O+. The smallest absolute Gasteiger partial charge is 0.216 e. The second-order valence-corrected chi connectivity index (χ2v) is 7.81. The molecule has 0 aliphatic rings. The molecule has 0 amide bonds. The topological polar surface area (TPSA) is 40.8 Å². The van der Waals surface area contributed by atoms with E-state index in [1.54, 1.807) is 45.4 Å². The maximum absolute atomic E-state index is 14.3. The van der Waals surface area contributed by atoms with Gasteiger partial charge in [-0.25, -0.2) is 4.39 Å². The number of nitriles is 1. The molecule has 4 heteroatoms. The molecule has 0 radical (unpaired) electrons. The summed E-state index contributed by atoms with van der Waals surface area (Å²) >= 11 is 0. The van der Waals surface area contributed by atoms with Crippen molar-refractivity contribution < 1.29 is 21.6 Å². The van der Waals surface area contributed by atoms with Crippen LogP contribution in [0.4, 0.5) is 4.39 Å². The molecule has 4 aromatic rings. The zero-order valence-electron chi connectivity index (χ0n) is 23.6. The molecule has 0 fully saturated rings. The second-order valence-electron chi connectivity index (χ2n) is 7.81. The van der Waals surface area contributed by atoms with Crippen molar-refractivity contribution in [2.75, 3.05) is 0 Å². The molecule has 0 unspecified atom stereocenters. The molecular weight excluding hydrogens is 375 g/mol. The molecule has 0 aliphatic heterocycles. The summed E-state index contributed by atoms with van der Waals surface area (Å²) in [6.45, 7) is 4.05. The van der Waals surface area contributed by atoms with E-state index in [0.29, 0.717) is 33.2 Å². The summed E-state index contributed by atoms with van der Waals surface area (Å²) in [7, 11) is 1.63. The normalized spacial score (nSPS) is 15.4. The van der Waals surface area contributed by atoms with E-state index in [1.807, 2.05) is 12.1 Å². The van der Waals surface area contributed by atoms with Crippen molar-refractivity contribution >= 4 is 21.9 Å². The number of hydrogen-bond acceptors (Lipinski definition) is 2. The number of benzene rings is 2. The van der Waals surface area contributed by atoms with Crippen LogP contribution in [0.25, 0.3) is 33.2 Å². The highest BCUT2D eigenvalue weighted by molar-refractivity contribution is 6.11. The van der Waals surface area contributed by atoms with Gasteiger partial charge in [-0.3, -0.25) is 0 Å². The fraction of sp³-hybridized carbons (Fsp3) is 0.308. The van der Waals surface area contributed by atoms with Crippen molar-refractivity contribution in [3.8, 4) is 17.3 Å². The predicted octanol–water partition coefficient (Wildman–Crippen LogP) is 6.21. The van der Waals surface area contributed by atoms with Crippen molar-refractivity contribution in [2.45, 2.75) is 40.9 Å². The van der Waals surface area contributed by atoms with E-state index in [1.165, 1.54) is 12.1 Å². The highest BCUT2D eigenvalue weighted by Crippen LogP contribution is 2.39. The first-order valence-corrected chi connectivity index (χ1v) is 9.73. The first-order chi connectivity index (χ1) is 16.6. The van der Waals surface area contributed by atoms with Crippen molar-refractivity contribution in [1.82, 2.24) is 0 Å². The molecule has 0 aliphatic carbocycles. The summed E-state index contributed by atoms with van der Waals surface area (Å²) in [6.07, 6.45) is -2.11. The van der Waals surface area contributed by atoms with Gasteiger partial charge in [-0.15, -0.1) is 0 Å². The van der Waals surface area contributed by atoms with Crippen LogP contribution >= 0.6 is 0 Å². The van der Waals surface area contributed by atoms with Crippen molar-refractivity contribution in [3.63, 3.8) is 0 Å². The minimum absolute atomic E-state index is 0.0853. The van der Waals surface area contributed by atoms with Gasteiger partial charge in [0.05, 0.1) is 6.93 Å². The Kier molecular flexibility index (Phi) is 3.37. The summed E-state index contributed by atoms with van der Waals surface area (Å²) in [5.74, 6) is -1.31. The van der Waals surface area contributed by atoms with E-state index in [2.05, 4.69) is 0 Å². The molecule has 0 atom stereocenters. The van der Waals surface area contributed by atoms with Crippen LogP contribution in [0.3, 0.4) is 0 Å². The molecule has 152 valence electrons. The maximum Gasteiger partial charge on any atom is 0.216 e. The van der Waals surface area contributed by atoms with E-state index >= 15 is 0 Å². The number of hydrogen-bond donors (Lipinski definition) is 0. The third-order valence-corrected chi connectivity index (χ3v) is 5.44. The van der Waals surface area contributed by atoms with E-state index in [4.69, 9.17) is 12.6 Å². The zero-order chi connectivity index (χ0) is 26.9. The van der Waals surface area contributed by atoms with Gasteiger partial charge in [0.2, 0.25) is 5.69 Å². The van der Waals surface area contributed by atoms with E-state index in [0.717, 1.165) is 0 Å². The van der Waals surface area contributed by atoms with Crippen LogP contribution in [0.15, 0.2) is 34.7 Å². The number of halogens is 1. The standard InChI is InChI=1S/C26H26FN2O/c1-14(2)11-18-12-23(29(6)17(5)16(18)4)24-15(3)7-8-20-19-9-10-22(27)21(13-28)25(19)30-26(20)24/h7-10,12,14H,11H2,1-6H3/q+1/i4D3,11D2,12D. The van der Waals surface area contributed by atoms with Crippen LogP contribution in [0, 0.1) is 43.8 Å². The molecule has 2 aromatic carbocycles. The monoisotopic (exact) mass is 407 g/mol. The van der Waals surface area contributed by atoms with Gasteiger partial charge in [-0.1, -0.05) is 26.0 Å². The van der Waals surface area contributed by atoms with Gasteiger partial charge in [0.25, 0.3) is 0 Å². The van der Waals surface area contributed by atoms with Gasteiger partial charge in [0.15, 0.2) is 11.3 Å². The summed E-state index contributed by atoms with van der Waals surface area (Å²) < 4.78 is 73.1. The highest BCUT2D eigenvalue weighted by atomic mass is 19.1. The largest absolute Gasteiger partial charge is 0.454 e. The van der Waals surface area contributed by atoms with E-state index < -0.39 is 25.0 Å². The summed E-state index contributed by atoms with van der Waals surface area (Å²) in [5.41, 5.74) is 1.55. The van der Waals surface area contributed by atoms with Gasteiger partial charge in [-0.2, -0.15) is 9.83 Å². The SMILES string of the molecule is [2H]c1c(C([2H])([2H])C(C)C)c(C([2H])([2H])[2H])c(C)[n+](C)c1-c1c(C)ccc2c1oc1c(C#N)c(F)ccc12. The number of aromatic nitrogens is 1. The minimum atomic E-state index is -2.65. The minimum Gasteiger partial charge on any atom is -0.454 e. The molecule has 0 saturated heterocycles. The first kappa shape index (κ1) is 13.9. The lowest BCUT2D eigenvalue weighted by atomic mass is 9.93. The molecule has 0 spiro atoms. The average molecular weight is 408 g/mol. The number of nitrogens with zero attached hydrogens (tertiary/aromatic N) is 2. The molecule has 4 rings (SSSR count). The third-order valence-electron chi connectivity index (χ3n) is 5.44. The van der Waals surface area contributed by atoms with Crippen LogP contribution < -0.4 is 4.57 Å². The second kappa shape index (κ2) is 7.25. The Labute approximate surface area is 184 Å². The summed E-state index contributed by atoms with van der Waals surface area (Å²) in [5, 5.41) is 10.7. The van der Waals surface area contributed by atoms with Gasteiger partial charge in [-0.05, 0) is 49.3 Å². The van der Waals surface area contributed by atoms with Crippen molar-refractivity contribution in [1.29, 1.82) is 5.26 Å². The first-order valence-electron chi connectivity index (χ1n) is 12.7.